The van der Waals surface area contributed by atoms with Crippen LogP contribution in [0.15, 0.2) is 16.8 Å². The van der Waals surface area contributed by atoms with Crippen molar-refractivity contribution in [3.05, 3.63) is 22.4 Å². The molecule has 0 bridgehead atoms. The summed E-state index contributed by atoms with van der Waals surface area (Å²) in [6, 6.07) is 2.35. The molecular weight excluding hydrogens is 146 g/mol. The van der Waals surface area contributed by atoms with E-state index in [1.165, 1.54) is 5.56 Å². The van der Waals surface area contributed by atoms with Crippen molar-refractivity contribution >= 4 is 17.2 Å². The first-order valence-electron chi connectivity index (χ1n) is 3.18. The predicted molar refractivity (Wildman–Crippen MR) is 39.8 cm³/mol. The largest absolute Gasteiger partial charge is 0.349 e. The molecule has 1 N–H and O–H groups in total. The number of nitrogens with one attached hydrogen (secondary N) is 1. The molecule has 1 aromatic heterocycles. The van der Waals surface area contributed by atoms with Crippen molar-refractivity contribution in [1.82, 2.24) is 5.32 Å². The maximum atomic E-state index is 10.5. The summed E-state index contributed by atoms with van der Waals surface area (Å²) in [5.74, 6) is 0.163. The van der Waals surface area contributed by atoms with E-state index in [2.05, 4.69) is 16.8 Å². The van der Waals surface area contributed by atoms with Crippen LogP contribution in [0, 0.1) is 0 Å². The molecule has 0 aliphatic carbocycles. The van der Waals surface area contributed by atoms with Gasteiger partial charge in [0, 0.05) is 0 Å². The fourth-order valence-electron chi connectivity index (χ4n) is 1.03. The number of amides is 1. The highest BCUT2D eigenvalue weighted by atomic mass is 32.1. The molecule has 3 heteroatoms. The summed E-state index contributed by atoms with van der Waals surface area (Å²) < 4.78 is 0. The Morgan fingerprint density at radius 2 is 2.50 bits per heavy atom. The van der Waals surface area contributed by atoms with Gasteiger partial charge in [0.15, 0.2) is 0 Å². The van der Waals surface area contributed by atoms with Gasteiger partial charge >= 0.3 is 0 Å². The molecule has 2 rings (SSSR count). The number of hydrogen-bond acceptors (Lipinski definition) is 2. The van der Waals surface area contributed by atoms with Crippen LogP contribution >= 0.6 is 11.3 Å². The lowest BCUT2D eigenvalue weighted by molar-refractivity contribution is -0.128. The van der Waals surface area contributed by atoms with Gasteiger partial charge in [-0.2, -0.15) is 11.3 Å². The quantitative estimate of drug-likeness (QED) is 0.605. The van der Waals surface area contributed by atoms with Gasteiger partial charge in [-0.25, -0.2) is 0 Å². The van der Waals surface area contributed by atoms with Crippen LogP contribution in [-0.4, -0.2) is 5.91 Å². The van der Waals surface area contributed by atoms with Crippen molar-refractivity contribution in [1.29, 1.82) is 0 Å². The van der Waals surface area contributed by atoms with Crippen molar-refractivity contribution in [2.75, 3.05) is 0 Å². The highest BCUT2D eigenvalue weighted by Crippen LogP contribution is 2.24. The zero-order chi connectivity index (χ0) is 6.97. The summed E-state index contributed by atoms with van der Waals surface area (Å²) in [7, 11) is 0. The Kier molecular flexibility index (Phi) is 1.24. The fourth-order valence-corrected chi connectivity index (χ4v) is 1.75. The molecule has 2 heterocycles. The van der Waals surface area contributed by atoms with Crippen LogP contribution in [0.1, 0.15) is 18.0 Å². The summed E-state index contributed by atoms with van der Waals surface area (Å²) in [5, 5.41) is 6.91. The summed E-state index contributed by atoms with van der Waals surface area (Å²) >= 11 is 1.67. The van der Waals surface area contributed by atoms with Gasteiger partial charge in [0.25, 0.3) is 0 Å². The predicted octanol–water partition coefficient (Wildman–Crippen LogP) is 1.31. The highest BCUT2D eigenvalue weighted by molar-refractivity contribution is 7.08. The Labute approximate surface area is 62.9 Å². The molecule has 1 aliphatic rings. The van der Waals surface area contributed by atoms with Crippen molar-refractivity contribution in [2.45, 2.75) is 12.5 Å². The van der Waals surface area contributed by atoms with E-state index < -0.39 is 0 Å². The third-order valence-corrected chi connectivity index (χ3v) is 2.37. The van der Waals surface area contributed by atoms with Crippen LogP contribution in [0.3, 0.4) is 0 Å². The molecule has 1 fully saturated rings. The molecule has 1 saturated heterocycles. The van der Waals surface area contributed by atoms with E-state index in [0.29, 0.717) is 12.5 Å². The second kappa shape index (κ2) is 2.09. The van der Waals surface area contributed by atoms with Crippen molar-refractivity contribution < 1.29 is 4.79 Å². The minimum absolute atomic E-state index is 0.163. The average molecular weight is 153 g/mol. The number of hydrogen-bond donors (Lipinski definition) is 1. The molecule has 0 aromatic carbocycles. The monoisotopic (exact) mass is 153 g/mol. The molecule has 1 amide bonds. The number of β-lactam (4-membered cyclic amide) rings is 1. The van der Waals surface area contributed by atoms with E-state index in [0.717, 1.165) is 0 Å². The van der Waals surface area contributed by atoms with Gasteiger partial charge in [-0.05, 0) is 22.4 Å². The van der Waals surface area contributed by atoms with Gasteiger partial charge < -0.3 is 5.32 Å². The fraction of sp³-hybridized carbons (Fsp3) is 0.286. The maximum absolute atomic E-state index is 10.5. The minimum atomic E-state index is 0.163. The van der Waals surface area contributed by atoms with Gasteiger partial charge in [0.2, 0.25) is 5.91 Å². The second-order valence-electron chi connectivity index (χ2n) is 2.38. The summed E-state index contributed by atoms with van der Waals surface area (Å²) in [6.07, 6.45) is 0.663. The highest BCUT2D eigenvalue weighted by Gasteiger charge is 2.26. The lowest BCUT2D eigenvalue weighted by Gasteiger charge is -2.25. The third kappa shape index (κ3) is 0.827. The summed E-state index contributed by atoms with van der Waals surface area (Å²) in [5.41, 5.74) is 1.24. The molecule has 1 aromatic rings. The first kappa shape index (κ1) is 5.92. The molecule has 0 radical (unpaired) electrons. The molecule has 10 heavy (non-hydrogen) atoms. The lowest BCUT2D eigenvalue weighted by Crippen LogP contribution is -2.41. The molecular formula is C7H7NOS. The first-order chi connectivity index (χ1) is 4.86. The number of thiophene rings is 1. The first-order valence-corrected chi connectivity index (χ1v) is 4.12. The van der Waals surface area contributed by atoms with Crippen LogP contribution in [0.25, 0.3) is 0 Å². The van der Waals surface area contributed by atoms with Crippen LogP contribution in [0.5, 0.6) is 0 Å². The van der Waals surface area contributed by atoms with E-state index in [9.17, 15) is 4.79 Å². The molecule has 0 unspecified atom stereocenters. The standard InChI is InChI=1S/C7H7NOS/c9-7-3-6(8-7)5-1-2-10-4-5/h1-2,4,6H,3H2,(H,8,9)/t6-/m0/s1. The molecule has 1 atom stereocenters. The summed E-state index contributed by atoms with van der Waals surface area (Å²) in [6.45, 7) is 0. The van der Waals surface area contributed by atoms with Gasteiger partial charge in [0.05, 0.1) is 12.5 Å². The Hall–Kier alpha value is -0.830. The lowest BCUT2D eigenvalue weighted by atomic mass is 10.0. The average Bonchev–Trinajstić information content (AvgIpc) is 2.31. The summed E-state index contributed by atoms with van der Waals surface area (Å²) in [4.78, 5) is 10.5. The van der Waals surface area contributed by atoms with E-state index >= 15 is 0 Å². The van der Waals surface area contributed by atoms with Gasteiger partial charge in [-0.1, -0.05) is 0 Å². The topological polar surface area (TPSA) is 29.1 Å². The smallest absolute Gasteiger partial charge is 0.222 e. The molecule has 1 aliphatic heterocycles. The number of carbonyl (C=O) groups excluding carboxylic acids is 1. The van der Waals surface area contributed by atoms with Crippen LogP contribution in [0.4, 0.5) is 0 Å². The van der Waals surface area contributed by atoms with Crippen molar-refractivity contribution in [3.8, 4) is 0 Å². The van der Waals surface area contributed by atoms with Crippen molar-refractivity contribution in [2.24, 2.45) is 0 Å². The van der Waals surface area contributed by atoms with Crippen LogP contribution < -0.4 is 5.32 Å². The Morgan fingerprint density at radius 1 is 1.70 bits per heavy atom. The van der Waals surface area contributed by atoms with E-state index in [1.54, 1.807) is 11.3 Å². The SMILES string of the molecule is O=C1C[C@@H](c2ccsc2)N1. The Morgan fingerprint density at radius 3 is 3.00 bits per heavy atom. The molecule has 0 saturated carbocycles. The van der Waals surface area contributed by atoms with Crippen LogP contribution in [-0.2, 0) is 4.79 Å². The minimum Gasteiger partial charge on any atom is -0.349 e. The second-order valence-corrected chi connectivity index (χ2v) is 3.16. The van der Waals surface area contributed by atoms with Gasteiger partial charge in [0.1, 0.15) is 0 Å². The van der Waals surface area contributed by atoms with E-state index in [1.807, 2.05) is 5.38 Å². The molecule has 52 valence electrons. The van der Waals surface area contributed by atoms with E-state index in [4.69, 9.17) is 0 Å². The van der Waals surface area contributed by atoms with E-state index in [-0.39, 0.29) is 5.91 Å². The van der Waals surface area contributed by atoms with Crippen molar-refractivity contribution in [3.63, 3.8) is 0 Å². The Bertz CT molecular complexity index is 234. The number of rotatable bonds is 1. The normalized spacial score (nSPS) is 23.6. The number of carbonyl (C=O) groups is 1. The Balaban J connectivity index is 2.10. The van der Waals surface area contributed by atoms with Crippen LogP contribution in [0.2, 0.25) is 0 Å². The molecule has 0 spiro atoms. The third-order valence-electron chi connectivity index (χ3n) is 1.67. The van der Waals surface area contributed by atoms with Gasteiger partial charge in [-0.3, -0.25) is 4.79 Å². The zero-order valence-electron chi connectivity index (χ0n) is 5.33. The molecule has 2 nitrogen and oxygen atoms in total. The zero-order valence-corrected chi connectivity index (χ0v) is 6.15. The maximum Gasteiger partial charge on any atom is 0.222 e. The van der Waals surface area contributed by atoms with Gasteiger partial charge in [-0.15, -0.1) is 0 Å².